The molecule has 2 heterocycles. The topological polar surface area (TPSA) is 106 Å². The molecular weight excluding hydrogens is 353 g/mol. The van der Waals surface area contributed by atoms with E-state index in [0.29, 0.717) is 34.1 Å². The first-order valence-corrected chi connectivity index (χ1v) is 8.04. The average Bonchev–Trinajstić information content (AvgIpc) is 3.30. The zero-order valence-corrected chi connectivity index (χ0v) is 14.2. The van der Waals surface area contributed by atoms with Crippen LogP contribution in [-0.4, -0.2) is 26.2 Å². The molecule has 4 rings (SSSR count). The Hall–Kier alpha value is -3.75. The molecule has 0 atom stereocenters. The fraction of sp³-hybridized carbons (Fsp3) is 0.111. The second-order valence-electron chi connectivity index (χ2n) is 5.79. The van der Waals surface area contributed by atoms with Crippen LogP contribution in [0.3, 0.4) is 0 Å². The molecule has 27 heavy (non-hydrogen) atoms. The highest BCUT2D eigenvalue weighted by Gasteiger charge is 2.12. The van der Waals surface area contributed by atoms with Crippen LogP contribution >= 0.6 is 0 Å². The molecular formula is C18H14FN5O3. The number of nitrogens with one attached hydrogen (secondary N) is 2. The van der Waals surface area contributed by atoms with E-state index in [2.05, 4.69) is 25.7 Å². The number of anilines is 1. The number of rotatable bonds is 5. The van der Waals surface area contributed by atoms with Crippen LogP contribution in [0.4, 0.5) is 10.1 Å². The van der Waals surface area contributed by atoms with Crippen LogP contribution in [0.1, 0.15) is 22.1 Å². The van der Waals surface area contributed by atoms with Crippen molar-refractivity contribution in [1.82, 2.24) is 20.3 Å². The average molecular weight is 367 g/mol. The number of fused-ring (bicyclic) bond motifs is 1. The molecule has 0 radical (unpaired) electrons. The molecule has 2 aromatic carbocycles. The van der Waals surface area contributed by atoms with Crippen molar-refractivity contribution in [3.63, 3.8) is 0 Å². The summed E-state index contributed by atoms with van der Waals surface area (Å²) in [7, 11) is 0. The first-order valence-electron chi connectivity index (χ1n) is 8.04. The molecule has 0 bridgehead atoms. The van der Waals surface area contributed by atoms with Crippen molar-refractivity contribution < 1.29 is 18.4 Å². The Bertz CT molecular complexity index is 1100. The van der Waals surface area contributed by atoms with Crippen LogP contribution in [0.5, 0.6) is 5.75 Å². The van der Waals surface area contributed by atoms with Gasteiger partial charge in [0.2, 0.25) is 11.7 Å². The van der Waals surface area contributed by atoms with Gasteiger partial charge < -0.3 is 14.6 Å². The lowest BCUT2D eigenvalue weighted by atomic mass is 10.1. The van der Waals surface area contributed by atoms with E-state index < -0.39 is 11.7 Å². The predicted octanol–water partition coefficient (Wildman–Crippen LogP) is 3.22. The van der Waals surface area contributed by atoms with Crippen LogP contribution in [0, 0.1) is 12.7 Å². The second-order valence-corrected chi connectivity index (χ2v) is 5.79. The quantitative estimate of drug-likeness (QED) is 0.561. The van der Waals surface area contributed by atoms with Crippen molar-refractivity contribution in [2.45, 2.75) is 13.5 Å². The number of H-pyrrole nitrogens is 1. The fourth-order valence-electron chi connectivity index (χ4n) is 2.52. The summed E-state index contributed by atoms with van der Waals surface area (Å²) in [6.07, 6.45) is 1.38. The third-order valence-electron chi connectivity index (χ3n) is 3.82. The monoisotopic (exact) mass is 367 g/mol. The van der Waals surface area contributed by atoms with E-state index >= 15 is 0 Å². The van der Waals surface area contributed by atoms with Gasteiger partial charge in [0.05, 0.1) is 17.1 Å². The fourth-order valence-corrected chi connectivity index (χ4v) is 2.52. The lowest BCUT2D eigenvalue weighted by molar-refractivity contribution is 0.102. The Morgan fingerprint density at radius 1 is 1.30 bits per heavy atom. The summed E-state index contributed by atoms with van der Waals surface area (Å²) < 4.78 is 24.4. The van der Waals surface area contributed by atoms with Gasteiger partial charge in [-0.15, -0.1) is 0 Å². The molecule has 1 amide bonds. The molecule has 9 heteroatoms. The highest BCUT2D eigenvalue weighted by atomic mass is 19.1. The number of carbonyl (C=O) groups excluding carboxylic acids is 1. The summed E-state index contributed by atoms with van der Waals surface area (Å²) in [6.45, 7) is 1.87. The summed E-state index contributed by atoms with van der Waals surface area (Å²) in [4.78, 5) is 16.4. The Balaban J connectivity index is 1.41. The molecule has 0 spiro atoms. The molecule has 0 fully saturated rings. The van der Waals surface area contributed by atoms with Gasteiger partial charge in [-0.2, -0.15) is 10.1 Å². The van der Waals surface area contributed by atoms with E-state index in [1.54, 1.807) is 37.3 Å². The summed E-state index contributed by atoms with van der Waals surface area (Å²) in [5.41, 5.74) is 1.20. The summed E-state index contributed by atoms with van der Waals surface area (Å²) in [5.74, 6) is 0.561. The number of amides is 1. The van der Waals surface area contributed by atoms with E-state index in [4.69, 9.17) is 9.26 Å². The minimum atomic E-state index is -0.508. The van der Waals surface area contributed by atoms with Crippen LogP contribution in [0.2, 0.25) is 0 Å². The summed E-state index contributed by atoms with van der Waals surface area (Å²) in [5, 5.41) is 13.2. The minimum absolute atomic E-state index is 0.173. The highest BCUT2D eigenvalue weighted by Crippen LogP contribution is 2.20. The van der Waals surface area contributed by atoms with Gasteiger partial charge in [-0.3, -0.25) is 9.89 Å². The first kappa shape index (κ1) is 16.7. The van der Waals surface area contributed by atoms with Crippen LogP contribution in [0.25, 0.3) is 10.9 Å². The standard InChI is InChI=1S/C18H14FN5O3/c1-10-21-17(24-27-10)9-26-13-4-2-12(3-5-13)22-18(25)11-6-15(19)14-8-20-23-16(14)7-11/h2-8H,9H2,1H3,(H,20,23)(H,22,25). The van der Waals surface area contributed by atoms with Gasteiger partial charge in [-0.25, -0.2) is 4.39 Å². The normalized spacial score (nSPS) is 10.9. The zero-order valence-electron chi connectivity index (χ0n) is 14.2. The zero-order chi connectivity index (χ0) is 18.8. The minimum Gasteiger partial charge on any atom is -0.485 e. The van der Waals surface area contributed by atoms with Gasteiger partial charge in [0, 0.05) is 18.2 Å². The van der Waals surface area contributed by atoms with Gasteiger partial charge in [-0.1, -0.05) is 5.16 Å². The lowest BCUT2D eigenvalue weighted by Crippen LogP contribution is -2.12. The SMILES string of the molecule is Cc1nc(COc2ccc(NC(=O)c3cc(F)c4cn[nH]c4c3)cc2)no1. The number of halogens is 1. The number of ether oxygens (including phenoxy) is 1. The molecule has 0 saturated heterocycles. The molecule has 0 unspecified atom stereocenters. The lowest BCUT2D eigenvalue weighted by Gasteiger charge is -2.08. The van der Waals surface area contributed by atoms with E-state index in [9.17, 15) is 9.18 Å². The predicted molar refractivity (Wildman–Crippen MR) is 93.8 cm³/mol. The van der Waals surface area contributed by atoms with Crippen molar-refractivity contribution in [3.05, 3.63) is 65.7 Å². The number of carbonyl (C=O) groups is 1. The maximum Gasteiger partial charge on any atom is 0.255 e. The molecule has 0 aliphatic carbocycles. The summed E-state index contributed by atoms with van der Waals surface area (Å²) >= 11 is 0. The molecule has 0 aliphatic rings. The van der Waals surface area contributed by atoms with Crippen molar-refractivity contribution >= 4 is 22.5 Å². The van der Waals surface area contributed by atoms with E-state index in [-0.39, 0.29) is 12.2 Å². The molecule has 0 aliphatic heterocycles. The van der Waals surface area contributed by atoms with Crippen LogP contribution < -0.4 is 10.1 Å². The van der Waals surface area contributed by atoms with Crippen LogP contribution in [-0.2, 0) is 6.61 Å². The maximum absolute atomic E-state index is 14.0. The molecule has 136 valence electrons. The van der Waals surface area contributed by atoms with Gasteiger partial charge in [0.25, 0.3) is 5.91 Å². The Labute approximate surface area is 152 Å². The van der Waals surface area contributed by atoms with Crippen molar-refractivity contribution in [2.24, 2.45) is 0 Å². The molecule has 2 aromatic heterocycles. The van der Waals surface area contributed by atoms with Gasteiger partial charge in [0.15, 0.2) is 6.61 Å². The smallest absolute Gasteiger partial charge is 0.255 e. The Kier molecular flexibility index (Phi) is 4.25. The van der Waals surface area contributed by atoms with Crippen molar-refractivity contribution in [2.75, 3.05) is 5.32 Å². The largest absolute Gasteiger partial charge is 0.485 e. The molecule has 8 nitrogen and oxygen atoms in total. The number of hydrogen-bond acceptors (Lipinski definition) is 6. The number of aryl methyl sites for hydroxylation is 1. The molecule has 0 saturated carbocycles. The molecule has 4 aromatic rings. The highest BCUT2D eigenvalue weighted by molar-refractivity contribution is 6.06. The third-order valence-corrected chi connectivity index (χ3v) is 3.82. The second kappa shape index (κ2) is 6.87. The maximum atomic E-state index is 14.0. The first-order chi connectivity index (χ1) is 13.1. The van der Waals surface area contributed by atoms with Crippen molar-refractivity contribution in [1.29, 1.82) is 0 Å². The number of nitrogens with zero attached hydrogens (tertiary/aromatic N) is 3. The van der Waals surface area contributed by atoms with E-state index in [0.717, 1.165) is 0 Å². The number of aromatic nitrogens is 4. The number of benzene rings is 2. The van der Waals surface area contributed by atoms with E-state index in [1.807, 2.05) is 0 Å². The Morgan fingerprint density at radius 3 is 2.85 bits per heavy atom. The number of hydrogen-bond donors (Lipinski definition) is 2. The van der Waals surface area contributed by atoms with Gasteiger partial charge in [-0.05, 0) is 36.4 Å². The van der Waals surface area contributed by atoms with E-state index in [1.165, 1.54) is 12.3 Å². The van der Waals surface area contributed by atoms with Crippen LogP contribution in [0.15, 0.2) is 47.1 Å². The summed E-state index contributed by atoms with van der Waals surface area (Å²) in [6, 6.07) is 9.48. The number of aromatic amines is 1. The third kappa shape index (κ3) is 3.61. The van der Waals surface area contributed by atoms with Gasteiger partial charge >= 0.3 is 0 Å². The molecule has 2 N–H and O–H groups in total. The van der Waals surface area contributed by atoms with Gasteiger partial charge in [0.1, 0.15) is 11.6 Å². The van der Waals surface area contributed by atoms with Crippen molar-refractivity contribution in [3.8, 4) is 5.75 Å². The Morgan fingerprint density at radius 2 is 2.11 bits per heavy atom.